The Kier molecular flexibility index (Phi) is 20.7. The molecule has 18 atom stereocenters. The summed E-state index contributed by atoms with van der Waals surface area (Å²) in [4.78, 5) is 18.0. The first-order chi connectivity index (χ1) is 25.9. The van der Waals surface area contributed by atoms with Crippen LogP contribution in [0.5, 0.6) is 0 Å². The van der Waals surface area contributed by atoms with Gasteiger partial charge in [-0.3, -0.25) is 4.79 Å². The summed E-state index contributed by atoms with van der Waals surface area (Å²) < 4.78 is 37.5. The van der Waals surface area contributed by atoms with Crippen molar-refractivity contribution < 1.29 is 69.3 Å². The first kappa shape index (κ1) is 54.9. The van der Waals surface area contributed by atoms with Crippen molar-refractivity contribution in [2.24, 2.45) is 17.8 Å². The summed E-state index contributed by atoms with van der Waals surface area (Å²) in [5.41, 5.74) is -4.87. The van der Waals surface area contributed by atoms with Crippen LogP contribution in [-0.4, -0.2) is 183 Å². The van der Waals surface area contributed by atoms with Crippen LogP contribution in [0, 0.1) is 17.8 Å². The lowest BCUT2D eigenvalue weighted by Gasteiger charge is -2.48. The molecule has 3 aliphatic heterocycles. The second-order valence-electron chi connectivity index (χ2n) is 19.3. The molecule has 3 saturated heterocycles. The van der Waals surface area contributed by atoms with E-state index in [1.54, 1.807) is 62.3 Å². The summed E-state index contributed by atoms with van der Waals surface area (Å²) in [6, 6.07) is -0.808. The molecule has 16 heteroatoms. The van der Waals surface area contributed by atoms with Gasteiger partial charge in [-0.05, 0) is 116 Å². The summed E-state index contributed by atoms with van der Waals surface area (Å²) in [7, 11) is 7.12. The minimum Gasteiger partial charge on any atom is -0.459 e. The third-order valence-electron chi connectivity index (χ3n) is 12.2. The van der Waals surface area contributed by atoms with Crippen LogP contribution in [0.15, 0.2) is 0 Å². The lowest BCUT2D eigenvalue weighted by Crippen LogP contribution is -2.60. The predicted octanol–water partition coefficient (Wildman–Crippen LogP) is 1.85. The molecule has 8 unspecified atom stereocenters. The summed E-state index contributed by atoms with van der Waals surface area (Å²) in [6.45, 7) is 23.3. The number of nitrogens with zero attached hydrogens (tertiary/aromatic N) is 2. The fourth-order valence-electron chi connectivity index (χ4n) is 8.74. The van der Waals surface area contributed by atoms with Gasteiger partial charge in [0.2, 0.25) is 0 Å². The minimum absolute atomic E-state index is 0. The van der Waals surface area contributed by atoms with Gasteiger partial charge >= 0.3 is 5.97 Å². The highest BCUT2D eigenvalue weighted by Crippen LogP contribution is 2.40. The van der Waals surface area contributed by atoms with Crippen LogP contribution in [0.3, 0.4) is 0 Å². The van der Waals surface area contributed by atoms with E-state index in [1.165, 1.54) is 14.0 Å². The van der Waals surface area contributed by atoms with Crippen LogP contribution < -0.4 is 0 Å². The Morgan fingerprint density at radius 3 is 1.98 bits per heavy atom. The first-order valence-corrected chi connectivity index (χ1v) is 20.9. The average molecular weight is 841 g/mol. The molecule has 16 nitrogen and oxygen atoms in total. The molecule has 0 aromatic heterocycles. The van der Waals surface area contributed by atoms with Crippen molar-refractivity contribution in [3.63, 3.8) is 0 Å². The molecular weight excluding hydrogens is 756 g/mol. The summed E-state index contributed by atoms with van der Waals surface area (Å²) in [5, 5.41) is 66.7. The zero-order chi connectivity index (χ0) is 44.2. The van der Waals surface area contributed by atoms with E-state index >= 15 is 0 Å². The normalized spacial score (nSPS) is 45.5. The van der Waals surface area contributed by atoms with E-state index in [1.807, 2.05) is 51.7 Å². The molecule has 3 fully saturated rings. The third kappa shape index (κ3) is 14.2. The van der Waals surface area contributed by atoms with E-state index in [9.17, 15) is 30.3 Å². The Balaban J connectivity index is 0.00000263. The molecule has 0 aromatic rings. The highest BCUT2D eigenvalue weighted by atomic mass is 16.7. The highest BCUT2D eigenvalue weighted by molar-refractivity contribution is 5.73. The number of carbonyl (C=O) groups excluding carboxylic acids is 1. The second kappa shape index (κ2) is 21.8. The Morgan fingerprint density at radius 2 is 1.48 bits per heavy atom. The van der Waals surface area contributed by atoms with Gasteiger partial charge < -0.3 is 74.3 Å². The van der Waals surface area contributed by atoms with Crippen LogP contribution in [0.4, 0.5) is 0 Å². The molecule has 0 amide bonds. The van der Waals surface area contributed by atoms with Crippen LogP contribution in [0.2, 0.25) is 0 Å². The fraction of sp³-hybridized carbons (Fsp3) is 0.976. The summed E-state index contributed by atoms with van der Waals surface area (Å²) >= 11 is 0. The lowest BCUT2D eigenvalue weighted by molar-refractivity contribution is -0.318. The number of ether oxygens (including phenoxy) is 6. The zero-order valence-corrected chi connectivity index (χ0v) is 38.6. The fourth-order valence-corrected chi connectivity index (χ4v) is 8.74. The van der Waals surface area contributed by atoms with Crippen molar-refractivity contribution >= 4 is 5.97 Å². The molecule has 58 heavy (non-hydrogen) atoms. The Morgan fingerprint density at radius 1 is 0.931 bits per heavy atom. The van der Waals surface area contributed by atoms with Gasteiger partial charge in [0.15, 0.2) is 12.6 Å². The molecule has 3 heterocycles. The number of methoxy groups -OCH3 is 1. The van der Waals surface area contributed by atoms with Gasteiger partial charge in [-0.2, -0.15) is 0 Å². The van der Waals surface area contributed by atoms with Crippen molar-refractivity contribution in [3.05, 3.63) is 0 Å². The van der Waals surface area contributed by atoms with Crippen molar-refractivity contribution in [2.75, 3.05) is 34.8 Å². The van der Waals surface area contributed by atoms with Gasteiger partial charge in [-0.15, -0.1) is 0 Å². The molecule has 0 saturated carbocycles. The number of rotatable bonds is 7. The zero-order valence-electron chi connectivity index (χ0n) is 38.6. The molecule has 3 aliphatic rings. The van der Waals surface area contributed by atoms with E-state index in [-0.39, 0.29) is 42.8 Å². The third-order valence-corrected chi connectivity index (χ3v) is 12.2. The largest absolute Gasteiger partial charge is 0.459 e. The molecule has 0 aliphatic carbocycles. The molecule has 0 aromatic carbocycles. The maximum Gasteiger partial charge on any atom is 0.311 e. The number of likely N-dealkylation sites (N-methyl/N-ethyl adjacent to an activating group) is 2. The maximum absolute atomic E-state index is 14.2. The van der Waals surface area contributed by atoms with Crippen LogP contribution in [-0.2, 0) is 33.2 Å². The van der Waals surface area contributed by atoms with Gasteiger partial charge in [0, 0.05) is 38.1 Å². The predicted molar refractivity (Wildman–Crippen MR) is 220 cm³/mol. The van der Waals surface area contributed by atoms with Crippen molar-refractivity contribution in [1.29, 1.82) is 0 Å². The van der Waals surface area contributed by atoms with Crippen LogP contribution in [0.1, 0.15) is 116 Å². The van der Waals surface area contributed by atoms with E-state index < -0.39 is 102 Å². The van der Waals surface area contributed by atoms with Gasteiger partial charge in [0.25, 0.3) is 0 Å². The molecule has 3 rings (SSSR count). The number of cyclic esters (lactones) is 1. The Bertz CT molecular complexity index is 1230. The lowest BCUT2D eigenvalue weighted by atomic mass is 9.77. The average Bonchev–Trinajstić information content (AvgIpc) is 3.08. The Hall–Kier alpha value is -1.09. The maximum atomic E-state index is 14.2. The molecule has 8 N–H and O–H groups in total. The topological polar surface area (TPSA) is 232 Å². The van der Waals surface area contributed by atoms with E-state index in [4.69, 9.17) is 33.5 Å². The number of esters is 1. The Labute approximate surface area is 348 Å². The molecular formula is C42H84N2O14. The minimum atomic E-state index is -1.80. The van der Waals surface area contributed by atoms with Gasteiger partial charge in [-0.1, -0.05) is 20.8 Å². The summed E-state index contributed by atoms with van der Waals surface area (Å²) in [5.74, 6) is -2.58. The molecule has 0 bridgehead atoms. The van der Waals surface area contributed by atoms with Crippen LogP contribution in [0.25, 0.3) is 0 Å². The van der Waals surface area contributed by atoms with E-state index in [0.717, 1.165) is 0 Å². The summed E-state index contributed by atoms with van der Waals surface area (Å²) in [6.07, 6.45) is -8.19. The van der Waals surface area contributed by atoms with Crippen molar-refractivity contribution in [3.8, 4) is 0 Å². The van der Waals surface area contributed by atoms with Crippen molar-refractivity contribution in [2.45, 2.75) is 212 Å². The van der Waals surface area contributed by atoms with Gasteiger partial charge in [-0.25, -0.2) is 0 Å². The second-order valence-corrected chi connectivity index (χ2v) is 19.3. The molecule has 346 valence electrons. The standard InChI is InChI=1S/C38H72N2O12.C4H10O.H2O/c1-15-27-38(10,46)31(42)24(6)40(13)19-20(2)17-36(8,45)33(52-35-29(41)26(39(11)12)16-21(3)48-35)22(4)30(23(5)34(44)50-27)51-28-18-37(9,47-14)32(43)25(7)49-28;1-4(2,3)5;/h20-33,35,41-43,45-46H,15-19H2,1-14H3;5H,1-3H3;1H2/t20-,21?,22-,23-,24+,25?,26?,27+,28?,29?,30-,31+,32?,33-,35?,36+,37?,38-;;/m1../s1. The molecule has 0 radical (unpaired) electrons. The van der Waals surface area contributed by atoms with E-state index in [0.29, 0.717) is 13.0 Å². The van der Waals surface area contributed by atoms with Crippen molar-refractivity contribution in [1.82, 2.24) is 9.80 Å². The number of hydrogen-bond donors (Lipinski definition) is 6. The smallest absolute Gasteiger partial charge is 0.311 e. The SMILES string of the molecule is CC(C)(C)O.CC[C@@H]1OC(=O)[C@H](C)[C@H](OC2CC(C)(OC)C(O)C(C)O2)[C@@H](C)[C@@H](OC2OC(C)CC(N(C)C)C2O)[C@@](C)(O)C[C@@H](C)CN(C)[C@@H](C)[C@H](O)[C@]1(C)O.O. The number of aliphatic hydroxyl groups is 6. The van der Waals surface area contributed by atoms with Crippen LogP contribution >= 0.6 is 0 Å². The molecule has 0 spiro atoms. The van der Waals surface area contributed by atoms with Gasteiger partial charge in [0.1, 0.15) is 30.0 Å². The number of hydrogen-bond acceptors (Lipinski definition) is 15. The first-order valence-electron chi connectivity index (χ1n) is 20.9. The number of carbonyl (C=O) groups is 1. The van der Waals surface area contributed by atoms with Gasteiger partial charge in [0.05, 0.1) is 47.1 Å². The monoisotopic (exact) mass is 841 g/mol. The highest BCUT2D eigenvalue weighted by Gasteiger charge is 2.52. The quantitative estimate of drug-likeness (QED) is 0.201. The number of aliphatic hydroxyl groups excluding tert-OH is 3. The van der Waals surface area contributed by atoms with E-state index in [2.05, 4.69) is 0 Å².